The van der Waals surface area contributed by atoms with Gasteiger partial charge in [0.25, 0.3) is 5.91 Å². The summed E-state index contributed by atoms with van der Waals surface area (Å²) in [6.07, 6.45) is -0.682. The minimum Gasteiger partial charge on any atom is -0.479 e. The standard InChI is InChI=1S/C13H15ClN2O2/c1-8(2)16-13(17)9(3)18-12-6-4-5-11(14)10(12)7-15/h4-6,8-9H,1-3H3,(H,16,17). The fraction of sp³-hybridized carbons (Fsp3) is 0.385. The third-order valence-electron chi connectivity index (χ3n) is 2.19. The first-order valence-electron chi connectivity index (χ1n) is 5.61. The Hall–Kier alpha value is -1.73. The minimum atomic E-state index is -0.682. The smallest absolute Gasteiger partial charge is 0.260 e. The van der Waals surface area contributed by atoms with Crippen molar-refractivity contribution in [1.82, 2.24) is 5.32 Å². The van der Waals surface area contributed by atoms with Gasteiger partial charge in [0.15, 0.2) is 6.10 Å². The predicted octanol–water partition coefficient (Wildman–Crippen LogP) is 2.50. The number of hydrogen-bond acceptors (Lipinski definition) is 3. The van der Waals surface area contributed by atoms with Crippen LogP contribution in [0.2, 0.25) is 5.02 Å². The molecule has 5 heteroatoms. The summed E-state index contributed by atoms with van der Waals surface area (Å²) in [5.74, 6) is 0.0882. The van der Waals surface area contributed by atoms with Crippen LogP contribution in [-0.4, -0.2) is 18.1 Å². The molecule has 0 saturated carbocycles. The maximum atomic E-state index is 11.7. The van der Waals surface area contributed by atoms with Crippen LogP contribution in [0.4, 0.5) is 0 Å². The number of nitrogens with one attached hydrogen (secondary N) is 1. The Bertz CT molecular complexity index is 480. The number of rotatable bonds is 4. The van der Waals surface area contributed by atoms with Gasteiger partial charge in [-0.3, -0.25) is 4.79 Å². The quantitative estimate of drug-likeness (QED) is 0.911. The average molecular weight is 267 g/mol. The van der Waals surface area contributed by atoms with Gasteiger partial charge in [-0.15, -0.1) is 0 Å². The van der Waals surface area contributed by atoms with Gasteiger partial charge in [0.2, 0.25) is 0 Å². The summed E-state index contributed by atoms with van der Waals surface area (Å²) in [7, 11) is 0. The van der Waals surface area contributed by atoms with Crippen molar-refractivity contribution < 1.29 is 9.53 Å². The average Bonchev–Trinajstić information content (AvgIpc) is 2.28. The zero-order valence-corrected chi connectivity index (χ0v) is 11.3. The zero-order valence-electron chi connectivity index (χ0n) is 10.5. The van der Waals surface area contributed by atoms with Crippen molar-refractivity contribution in [2.24, 2.45) is 0 Å². The van der Waals surface area contributed by atoms with Gasteiger partial charge in [0.05, 0.1) is 5.02 Å². The molecule has 0 radical (unpaired) electrons. The predicted molar refractivity (Wildman–Crippen MR) is 69.5 cm³/mol. The molecule has 1 aromatic rings. The van der Waals surface area contributed by atoms with Gasteiger partial charge in [-0.25, -0.2) is 0 Å². The molecule has 1 aromatic carbocycles. The van der Waals surface area contributed by atoms with Crippen molar-refractivity contribution >= 4 is 17.5 Å². The van der Waals surface area contributed by atoms with Crippen molar-refractivity contribution in [2.45, 2.75) is 32.9 Å². The van der Waals surface area contributed by atoms with Gasteiger partial charge in [-0.1, -0.05) is 17.7 Å². The monoisotopic (exact) mass is 266 g/mol. The molecule has 0 aliphatic rings. The van der Waals surface area contributed by atoms with Crippen molar-refractivity contribution in [2.75, 3.05) is 0 Å². The van der Waals surface area contributed by atoms with Gasteiger partial charge >= 0.3 is 0 Å². The van der Waals surface area contributed by atoms with Gasteiger partial charge in [-0.05, 0) is 32.9 Å². The summed E-state index contributed by atoms with van der Waals surface area (Å²) in [6, 6.07) is 6.89. The lowest BCUT2D eigenvalue weighted by atomic mass is 10.2. The van der Waals surface area contributed by atoms with E-state index in [1.165, 1.54) is 0 Å². The number of halogens is 1. The van der Waals surface area contributed by atoms with Crippen LogP contribution in [0.5, 0.6) is 5.75 Å². The van der Waals surface area contributed by atoms with E-state index in [4.69, 9.17) is 21.6 Å². The first kappa shape index (κ1) is 14.3. The molecule has 1 atom stereocenters. The molecule has 1 rings (SSSR count). The lowest BCUT2D eigenvalue weighted by Gasteiger charge is -2.17. The Morgan fingerprint density at radius 3 is 2.67 bits per heavy atom. The highest BCUT2D eigenvalue weighted by Crippen LogP contribution is 2.26. The second-order valence-electron chi connectivity index (χ2n) is 4.15. The number of nitriles is 1. The van der Waals surface area contributed by atoms with E-state index in [-0.39, 0.29) is 17.5 Å². The number of carbonyl (C=O) groups excluding carboxylic acids is 1. The van der Waals surface area contributed by atoms with Crippen LogP contribution in [-0.2, 0) is 4.79 Å². The minimum absolute atomic E-state index is 0.0401. The van der Waals surface area contributed by atoms with Gasteiger partial charge < -0.3 is 10.1 Å². The molecule has 0 fully saturated rings. The number of nitrogens with zero attached hydrogens (tertiary/aromatic N) is 1. The third kappa shape index (κ3) is 3.64. The Labute approximate surface area is 112 Å². The molecule has 1 N–H and O–H groups in total. The fourth-order valence-corrected chi connectivity index (χ4v) is 1.57. The van der Waals surface area contributed by atoms with Crippen molar-refractivity contribution in [1.29, 1.82) is 5.26 Å². The van der Waals surface area contributed by atoms with E-state index in [9.17, 15) is 4.79 Å². The van der Waals surface area contributed by atoms with E-state index in [1.54, 1.807) is 25.1 Å². The molecule has 0 saturated heterocycles. The van der Waals surface area contributed by atoms with Gasteiger partial charge in [0, 0.05) is 6.04 Å². The molecule has 96 valence electrons. The highest BCUT2D eigenvalue weighted by atomic mass is 35.5. The van der Waals surface area contributed by atoms with Crippen LogP contribution in [0.15, 0.2) is 18.2 Å². The third-order valence-corrected chi connectivity index (χ3v) is 2.51. The van der Waals surface area contributed by atoms with E-state index in [0.29, 0.717) is 10.8 Å². The fourth-order valence-electron chi connectivity index (χ4n) is 1.36. The van der Waals surface area contributed by atoms with Crippen LogP contribution < -0.4 is 10.1 Å². The van der Waals surface area contributed by atoms with E-state index in [1.807, 2.05) is 19.9 Å². The second-order valence-corrected chi connectivity index (χ2v) is 4.56. The van der Waals surface area contributed by atoms with Crippen LogP contribution in [0.25, 0.3) is 0 Å². The van der Waals surface area contributed by atoms with Crippen molar-refractivity contribution in [3.8, 4) is 11.8 Å². The Morgan fingerprint density at radius 1 is 1.44 bits per heavy atom. The number of ether oxygens (including phenoxy) is 1. The van der Waals surface area contributed by atoms with Gasteiger partial charge in [-0.2, -0.15) is 5.26 Å². The Kier molecular flexibility index (Phi) is 4.99. The lowest BCUT2D eigenvalue weighted by Crippen LogP contribution is -2.40. The van der Waals surface area contributed by atoms with E-state index >= 15 is 0 Å². The van der Waals surface area contributed by atoms with Crippen LogP contribution in [0, 0.1) is 11.3 Å². The van der Waals surface area contributed by atoms with Crippen LogP contribution >= 0.6 is 11.6 Å². The molecule has 0 aliphatic heterocycles. The van der Waals surface area contributed by atoms with E-state index in [0.717, 1.165) is 0 Å². The topological polar surface area (TPSA) is 62.1 Å². The Balaban J connectivity index is 2.83. The highest BCUT2D eigenvalue weighted by molar-refractivity contribution is 6.31. The Morgan fingerprint density at radius 2 is 2.11 bits per heavy atom. The molecule has 0 bridgehead atoms. The second kappa shape index (κ2) is 6.27. The summed E-state index contributed by atoms with van der Waals surface area (Å²) in [6.45, 7) is 5.36. The van der Waals surface area contributed by atoms with Gasteiger partial charge in [0.1, 0.15) is 17.4 Å². The normalized spacial score (nSPS) is 11.8. The first-order valence-corrected chi connectivity index (χ1v) is 5.99. The van der Waals surface area contributed by atoms with Crippen molar-refractivity contribution in [3.63, 3.8) is 0 Å². The molecule has 1 unspecified atom stereocenters. The molecule has 18 heavy (non-hydrogen) atoms. The highest BCUT2D eigenvalue weighted by Gasteiger charge is 2.17. The zero-order chi connectivity index (χ0) is 13.7. The van der Waals surface area contributed by atoms with Crippen molar-refractivity contribution in [3.05, 3.63) is 28.8 Å². The van der Waals surface area contributed by atoms with Crippen LogP contribution in [0.1, 0.15) is 26.3 Å². The maximum absolute atomic E-state index is 11.7. The molecular formula is C13H15ClN2O2. The van der Waals surface area contributed by atoms with Crippen LogP contribution in [0.3, 0.4) is 0 Å². The molecule has 1 amide bonds. The summed E-state index contributed by atoms with van der Waals surface area (Å²) in [4.78, 5) is 11.7. The summed E-state index contributed by atoms with van der Waals surface area (Å²) >= 11 is 5.87. The number of amides is 1. The molecule has 0 aromatic heterocycles. The van der Waals surface area contributed by atoms with E-state index in [2.05, 4.69) is 5.32 Å². The first-order chi connectivity index (χ1) is 8.45. The molecule has 4 nitrogen and oxygen atoms in total. The molecule has 0 aliphatic carbocycles. The number of hydrogen-bond donors (Lipinski definition) is 1. The number of benzene rings is 1. The molecular weight excluding hydrogens is 252 g/mol. The molecule has 0 spiro atoms. The summed E-state index contributed by atoms with van der Waals surface area (Å²) < 4.78 is 5.46. The van der Waals surface area contributed by atoms with E-state index < -0.39 is 6.10 Å². The largest absolute Gasteiger partial charge is 0.479 e. The summed E-state index contributed by atoms with van der Waals surface area (Å²) in [5.41, 5.74) is 0.239. The SMILES string of the molecule is CC(C)NC(=O)C(C)Oc1cccc(Cl)c1C#N. The number of carbonyl (C=O) groups is 1. The summed E-state index contributed by atoms with van der Waals surface area (Å²) in [5, 5.41) is 12.0. The lowest BCUT2D eigenvalue weighted by molar-refractivity contribution is -0.127. The maximum Gasteiger partial charge on any atom is 0.260 e. The molecule has 0 heterocycles.